The number of hydrogen-bond acceptors (Lipinski definition) is 9. The highest BCUT2D eigenvalue weighted by Crippen LogP contribution is 2.23. The third-order valence-corrected chi connectivity index (χ3v) is 5.40. The monoisotopic (exact) mass is 518 g/mol. The third kappa shape index (κ3) is 5.68. The first-order valence-electron chi connectivity index (χ1n) is 11.0. The first kappa shape index (κ1) is 23.8. The fourth-order valence-corrected chi connectivity index (χ4v) is 3.49. The zero-order chi connectivity index (χ0) is 25.8. The van der Waals surface area contributed by atoms with E-state index in [4.69, 9.17) is 25.4 Å². The molecule has 3 aromatic heterocycles. The number of aryl methyl sites for hydroxylation is 1. The predicted octanol–water partition coefficient (Wildman–Crippen LogP) is 5.02. The molecule has 5 rings (SSSR count). The lowest BCUT2D eigenvalue weighted by Crippen LogP contribution is -2.28. The Hall–Kier alpha value is -4.90. The van der Waals surface area contributed by atoms with Gasteiger partial charge in [-0.2, -0.15) is 0 Å². The molecule has 0 saturated carbocycles. The van der Waals surface area contributed by atoms with Gasteiger partial charge in [0.05, 0.1) is 18.4 Å². The Labute approximate surface area is 214 Å². The van der Waals surface area contributed by atoms with Crippen molar-refractivity contribution in [3.63, 3.8) is 0 Å². The summed E-state index contributed by atoms with van der Waals surface area (Å²) in [6.07, 6.45) is 2.70. The standard InChI is InChI=1S/C25H19ClN6O5/c1-15-12-21(37-30-15)23(33)29-20-13-27-25(32(24(20)34)14-16-2-4-17(26)5-3-16)28-18-6-8-19(9-7-18)36-22-10-11-35-31-22/h2-13H,14H2,1H3,(H,27,28)(H,29,33). The summed E-state index contributed by atoms with van der Waals surface area (Å²) in [7, 11) is 0. The van der Waals surface area contributed by atoms with Crippen LogP contribution < -0.4 is 20.9 Å². The number of nitrogens with one attached hydrogen (secondary N) is 2. The molecule has 0 fully saturated rings. The van der Waals surface area contributed by atoms with Crippen molar-refractivity contribution in [3.05, 3.63) is 106 Å². The Morgan fingerprint density at radius 3 is 2.54 bits per heavy atom. The Balaban J connectivity index is 1.42. The highest BCUT2D eigenvalue weighted by atomic mass is 35.5. The minimum absolute atomic E-state index is 0.0173. The zero-order valence-electron chi connectivity index (χ0n) is 19.3. The van der Waals surface area contributed by atoms with Crippen molar-refractivity contribution in [1.29, 1.82) is 0 Å². The van der Waals surface area contributed by atoms with E-state index in [1.807, 2.05) is 0 Å². The van der Waals surface area contributed by atoms with Crippen molar-refractivity contribution in [2.45, 2.75) is 13.5 Å². The van der Waals surface area contributed by atoms with Crippen molar-refractivity contribution in [1.82, 2.24) is 19.9 Å². The van der Waals surface area contributed by atoms with Gasteiger partial charge in [-0.1, -0.05) is 28.9 Å². The summed E-state index contributed by atoms with van der Waals surface area (Å²) in [5.74, 6) is 0.514. The van der Waals surface area contributed by atoms with Gasteiger partial charge in [0.2, 0.25) is 11.7 Å². The first-order chi connectivity index (χ1) is 17.9. The molecule has 0 bridgehead atoms. The van der Waals surface area contributed by atoms with Gasteiger partial charge in [0.1, 0.15) is 17.7 Å². The molecule has 0 aliphatic heterocycles. The first-order valence-corrected chi connectivity index (χ1v) is 11.4. The molecule has 2 aromatic carbocycles. The van der Waals surface area contributed by atoms with Crippen LogP contribution in [-0.4, -0.2) is 25.8 Å². The van der Waals surface area contributed by atoms with E-state index in [2.05, 4.69) is 25.9 Å². The van der Waals surface area contributed by atoms with Crippen LogP contribution in [0.1, 0.15) is 21.8 Å². The van der Waals surface area contributed by atoms with Gasteiger partial charge in [0.15, 0.2) is 0 Å². The lowest BCUT2D eigenvalue weighted by molar-refractivity contribution is 0.0987. The summed E-state index contributed by atoms with van der Waals surface area (Å²) in [5, 5.41) is 13.7. The number of aromatic nitrogens is 4. The van der Waals surface area contributed by atoms with Crippen LogP contribution in [-0.2, 0) is 6.54 Å². The number of rotatable bonds is 8. The SMILES string of the molecule is Cc1cc(C(=O)Nc2cnc(Nc3ccc(Oc4ccon4)cc3)n(Cc3ccc(Cl)cc3)c2=O)on1. The summed E-state index contributed by atoms with van der Waals surface area (Å²) in [4.78, 5) is 30.3. The van der Waals surface area contributed by atoms with Crippen LogP contribution in [0.25, 0.3) is 0 Å². The van der Waals surface area contributed by atoms with Crippen molar-refractivity contribution in [3.8, 4) is 11.6 Å². The van der Waals surface area contributed by atoms with Gasteiger partial charge in [-0.15, -0.1) is 0 Å². The molecule has 186 valence electrons. The Morgan fingerprint density at radius 1 is 1.08 bits per heavy atom. The molecule has 2 N–H and O–H groups in total. The number of carbonyl (C=O) groups excluding carboxylic acids is 1. The molecule has 0 saturated heterocycles. The van der Waals surface area contributed by atoms with E-state index in [-0.39, 0.29) is 23.9 Å². The second-order valence-electron chi connectivity index (χ2n) is 7.89. The van der Waals surface area contributed by atoms with Crippen molar-refractivity contribution >= 4 is 34.8 Å². The molecular formula is C25H19ClN6O5. The molecule has 1 amide bonds. The molecular weight excluding hydrogens is 500 g/mol. The third-order valence-electron chi connectivity index (χ3n) is 5.15. The molecule has 37 heavy (non-hydrogen) atoms. The highest BCUT2D eigenvalue weighted by Gasteiger charge is 2.17. The Kier molecular flexibility index (Phi) is 6.68. The molecule has 5 aromatic rings. The molecule has 11 nitrogen and oxygen atoms in total. The summed E-state index contributed by atoms with van der Waals surface area (Å²) in [5.41, 5.74) is 1.51. The highest BCUT2D eigenvalue weighted by molar-refractivity contribution is 6.30. The average molecular weight is 519 g/mol. The number of nitrogens with zero attached hydrogens (tertiary/aromatic N) is 4. The number of hydrogen-bond donors (Lipinski definition) is 2. The fourth-order valence-electron chi connectivity index (χ4n) is 3.36. The van der Waals surface area contributed by atoms with Gasteiger partial charge in [0.25, 0.3) is 17.3 Å². The second kappa shape index (κ2) is 10.4. The van der Waals surface area contributed by atoms with E-state index in [1.54, 1.807) is 61.5 Å². The smallest absolute Gasteiger partial charge is 0.294 e. The number of halogens is 1. The Bertz CT molecular complexity index is 1580. The van der Waals surface area contributed by atoms with E-state index in [1.165, 1.54) is 23.1 Å². The minimum atomic E-state index is -0.610. The summed E-state index contributed by atoms with van der Waals surface area (Å²) >= 11 is 6.01. The molecule has 0 aliphatic rings. The van der Waals surface area contributed by atoms with Crippen molar-refractivity contribution in [2.75, 3.05) is 10.6 Å². The van der Waals surface area contributed by atoms with E-state index >= 15 is 0 Å². The molecule has 0 unspecified atom stereocenters. The second-order valence-corrected chi connectivity index (χ2v) is 8.33. The van der Waals surface area contributed by atoms with E-state index in [0.717, 1.165) is 5.56 Å². The van der Waals surface area contributed by atoms with Gasteiger partial charge in [-0.05, 0) is 54.0 Å². The summed E-state index contributed by atoms with van der Waals surface area (Å²) < 4.78 is 16.7. The van der Waals surface area contributed by atoms with Crippen LogP contribution in [0.4, 0.5) is 17.3 Å². The van der Waals surface area contributed by atoms with Gasteiger partial charge in [0, 0.05) is 22.8 Å². The number of benzene rings is 2. The van der Waals surface area contributed by atoms with E-state index < -0.39 is 11.5 Å². The lowest BCUT2D eigenvalue weighted by Gasteiger charge is -2.15. The summed E-state index contributed by atoms with van der Waals surface area (Å²) in [6, 6.07) is 17.1. The largest absolute Gasteiger partial charge is 0.436 e. The maximum absolute atomic E-state index is 13.4. The van der Waals surface area contributed by atoms with E-state index in [9.17, 15) is 9.59 Å². The maximum Gasteiger partial charge on any atom is 0.294 e. The van der Waals surface area contributed by atoms with Gasteiger partial charge < -0.3 is 24.4 Å². The van der Waals surface area contributed by atoms with E-state index in [0.29, 0.717) is 28.0 Å². The summed E-state index contributed by atoms with van der Waals surface area (Å²) in [6.45, 7) is 1.86. The number of anilines is 3. The zero-order valence-corrected chi connectivity index (χ0v) is 20.1. The van der Waals surface area contributed by atoms with Crippen LogP contribution in [0, 0.1) is 6.92 Å². The van der Waals surface area contributed by atoms with Crippen LogP contribution in [0.2, 0.25) is 5.02 Å². The molecule has 0 aliphatic carbocycles. The Morgan fingerprint density at radius 2 is 1.86 bits per heavy atom. The van der Waals surface area contributed by atoms with Crippen LogP contribution in [0.3, 0.4) is 0 Å². The van der Waals surface area contributed by atoms with Gasteiger partial charge in [-0.3, -0.25) is 14.2 Å². The van der Waals surface area contributed by atoms with Gasteiger partial charge >= 0.3 is 0 Å². The number of ether oxygens (including phenoxy) is 1. The topological polar surface area (TPSA) is 137 Å². The quantitative estimate of drug-likeness (QED) is 0.290. The normalized spacial score (nSPS) is 10.8. The van der Waals surface area contributed by atoms with Crippen LogP contribution >= 0.6 is 11.6 Å². The van der Waals surface area contributed by atoms with Crippen molar-refractivity contribution < 1.29 is 18.6 Å². The van der Waals surface area contributed by atoms with Crippen LogP contribution in [0.15, 0.2) is 87.0 Å². The molecule has 12 heteroatoms. The maximum atomic E-state index is 13.4. The number of carbonyl (C=O) groups is 1. The lowest BCUT2D eigenvalue weighted by atomic mass is 10.2. The fraction of sp³-hybridized carbons (Fsp3) is 0.0800. The predicted molar refractivity (Wildman–Crippen MR) is 135 cm³/mol. The minimum Gasteiger partial charge on any atom is -0.436 e. The molecule has 0 atom stereocenters. The molecule has 0 radical (unpaired) electrons. The number of amides is 1. The molecule has 0 spiro atoms. The molecule has 3 heterocycles. The van der Waals surface area contributed by atoms with Crippen LogP contribution in [0.5, 0.6) is 11.6 Å². The average Bonchev–Trinajstić information content (AvgIpc) is 3.57. The van der Waals surface area contributed by atoms with Gasteiger partial charge in [-0.25, -0.2) is 4.98 Å². The van der Waals surface area contributed by atoms with Crippen molar-refractivity contribution in [2.24, 2.45) is 0 Å².